The highest BCUT2D eigenvalue weighted by atomic mass is 16.5. The van der Waals surface area contributed by atoms with Crippen molar-refractivity contribution in [2.45, 2.75) is 39.2 Å². The van der Waals surface area contributed by atoms with Gasteiger partial charge < -0.3 is 19.4 Å². The van der Waals surface area contributed by atoms with Crippen LogP contribution in [-0.2, 0) is 14.3 Å². The molecule has 0 unspecified atom stereocenters. The quantitative estimate of drug-likeness (QED) is 0.597. The Balaban J connectivity index is 1.31. The first-order chi connectivity index (χ1) is 16.5. The number of hydrogen-bond donors (Lipinski definition) is 0. The standard InChI is InChI=1S/C26H35N5O3/c1-20(2)17-25(32)31(18-22-9-6-16-34-22)19-26(33)30-14-12-29(13-15-30)24-11-10-23(27-28-24)21-7-4-3-5-8-21/h3-5,7-8,10-11,20,22H,6,9,12-19H2,1-2H3/t22-/m0/s1. The molecule has 3 heterocycles. The molecule has 1 atom stereocenters. The molecule has 0 aliphatic carbocycles. The van der Waals surface area contributed by atoms with E-state index in [1.165, 1.54) is 0 Å². The Bertz CT molecular complexity index is 937. The summed E-state index contributed by atoms with van der Waals surface area (Å²) < 4.78 is 5.73. The Morgan fingerprint density at radius 2 is 1.82 bits per heavy atom. The van der Waals surface area contributed by atoms with Crippen LogP contribution < -0.4 is 4.90 Å². The molecule has 2 amide bonds. The lowest BCUT2D eigenvalue weighted by molar-refractivity contribution is -0.142. The number of nitrogens with zero attached hydrogens (tertiary/aromatic N) is 5. The molecule has 2 saturated heterocycles. The maximum absolute atomic E-state index is 13.1. The number of benzene rings is 1. The Hall–Kier alpha value is -3.00. The maximum atomic E-state index is 13.1. The molecule has 4 rings (SSSR count). The van der Waals surface area contributed by atoms with Gasteiger partial charge in [0.05, 0.1) is 18.3 Å². The van der Waals surface area contributed by atoms with E-state index in [-0.39, 0.29) is 30.4 Å². The van der Waals surface area contributed by atoms with E-state index in [4.69, 9.17) is 4.74 Å². The number of hydrogen-bond acceptors (Lipinski definition) is 6. The van der Waals surface area contributed by atoms with Crippen LogP contribution in [0.25, 0.3) is 11.3 Å². The summed E-state index contributed by atoms with van der Waals surface area (Å²) in [4.78, 5) is 31.6. The molecule has 0 bridgehead atoms. The van der Waals surface area contributed by atoms with E-state index >= 15 is 0 Å². The lowest BCUT2D eigenvalue weighted by atomic mass is 10.1. The number of rotatable bonds is 8. The number of ether oxygens (including phenoxy) is 1. The van der Waals surface area contributed by atoms with Gasteiger partial charge in [-0.1, -0.05) is 44.2 Å². The smallest absolute Gasteiger partial charge is 0.242 e. The van der Waals surface area contributed by atoms with Crippen molar-refractivity contribution in [2.75, 3.05) is 50.8 Å². The number of anilines is 1. The third-order valence-corrected chi connectivity index (χ3v) is 6.39. The Labute approximate surface area is 201 Å². The van der Waals surface area contributed by atoms with Crippen LogP contribution in [0.2, 0.25) is 0 Å². The lowest BCUT2D eigenvalue weighted by Gasteiger charge is -2.36. The summed E-state index contributed by atoms with van der Waals surface area (Å²) in [5.74, 6) is 1.11. The van der Waals surface area contributed by atoms with Gasteiger partial charge in [-0.25, -0.2) is 0 Å². The van der Waals surface area contributed by atoms with Crippen molar-refractivity contribution >= 4 is 17.6 Å². The third kappa shape index (κ3) is 6.32. The van der Waals surface area contributed by atoms with Gasteiger partial charge in [0.25, 0.3) is 0 Å². The van der Waals surface area contributed by atoms with E-state index in [1.54, 1.807) is 4.90 Å². The predicted molar refractivity (Wildman–Crippen MR) is 131 cm³/mol. The minimum absolute atomic E-state index is 0.000243. The van der Waals surface area contributed by atoms with Gasteiger partial charge in [0, 0.05) is 51.3 Å². The van der Waals surface area contributed by atoms with E-state index in [0.717, 1.165) is 36.5 Å². The van der Waals surface area contributed by atoms with E-state index in [2.05, 4.69) is 15.1 Å². The molecule has 182 valence electrons. The molecule has 2 aromatic rings. The van der Waals surface area contributed by atoms with Gasteiger partial charge in [-0.2, -0.15) is 0 Å². The zero-order chi connectivity index (χ0) is 23.9. The zero-order valence-corrected chi connectivity index (χ0v) is 20.2. The summed E-state index contributed by atoms with van der Waals surface area (Å²) in [7, 11) is 0. The molecule has 1 aromatic carbocycles. The fraction of sp³-hybridized carbons (Fsp3) is 0.538. The van der Waals surface area contributed by atoms with Crippen molar-refractivity contribution in [3.05, 3.63) is 42.5 Å². The van der Waals surface area contributed by atoms with Gasteiger partial charge in [0.1, 0.15) is 0 Å². The summed E-state index contributed by atoms with van der Waals surface area (Å²) in [5.41, 5.74) is 1.88. The maximum Gasteiger partial charge on any atom is 0.242 e. The number of carbonyl (C=O) groups excluding carboxylic acids is 2. The normalized spacial score (nSPS) is 18.4. The SMILES string of the molecule is CC(C)CC(=O)N(CC(=O)N1CCN(c2ccc(-c3ccccc3)nn2)CC1)C[C@@H]1CCCO1. The molecule has 8 heteroatoms. The first kappa shape index (κ1) is 24.1. The van der Waals surface area contributed by atoms with Gasteiger partial charge in [-0.3, -0.25) is 9.59 Å². The van der Waals surface area contributed by atoms with E-state index in [0.29, 0.717) is 39.1 Å². The Kier molecular flexibility index (Phi) is 8.11. The molecule has 0 radical (unpaired) electrons. The second-order valence-electron chi connectivity index (χ2n) is 9.52. The zero-order valence-electron chi connectivity index (χ0n) is 20.2. The highest BCUT2D eigenvalue weighted by Crippen LogP contribution is 2.20. The van der Waals surface area contributed by atoms with Crippen LogP contribution in [0.3, 0.4) is 0 Å². The molecular weight excluding hydrogens is 430 g/mol. The first-order valence-corrected chi connectivity index (χ1v) is 12.3. The second-order valence-corrected chi connectivity index (χ2v) is 9.52. The molecule has 8 nitrogen and oxygen atoms in total. The molecule has 2 aliphatic rings. The third-order valence-electron chi connectivity index (χ3n) is 6.39. The van der Waals surface area contributed by atoms with Crippen molar-refractivity contribution < 1.29 is 14.3 Å². The molecule has 34 heavy (non-hydrogen) atoms. The van der Waals surface area contributed by atoms with Gasteiger partial charge in [-0.05, 0) is 30.9 Å². The fourth-order valence-electron chi connectivity index (χ4n) is 4.47. The van der Waals surface area contributed by atoms with Crippen molar-refractivity contribution in [1.82, 2.24) is 20.0 Å². The first-order valence-electron chi connectivity index (χ1n) is 12.3. The lowest BCUT2D eigenvalue weighted by Crippen LogP contribution is -2.52. The van der Waals surface area contributed by atoms with Crippen LogP contribution in [0.1, 0.15) is 33.1 Å². The predicted octanol–water partition coefficient (Wildman–Crippen LogP) is 2.85. The Morgan fingerprint density at radius 1 is 1.06 bits per heavy atom. The van der Waals surface area contributed by atoms with Crippen LogP contribution in [0, 0.1) is 5.92 Å². The summed E-state index contributed by atoms with van der Waals surface area (Å²) >= 11 is 0. The average Bonchev–Trinajstić information content (AvgIpc) is 3.37. The largest absolute Gasteiger partial charge is 0.376 e. The minimum atomic E-state index is 0.000243. The number of aromatic nitrogens is 2. The van der Waals surface area contributed by atoms with Crippen LogP contribution in [0.4, 0.5) is 5.82 Å². The van der Waals surface area contributed by atoms with Gasteiger partial charge in [-0.15, -0.1) is 10.2 Å². The Morgan fingerprint density at radius 3 is 2.44 bits per heavy atom. The van der Waals surface area contributed by atoms with E-state index in [9.17, 15) is 9.59 Å². The second kappa shape index (κ2) is 11.4. The van der Waals surface area contributed by atoms with Crippen LogP contribution in [0.15, 0.2) is 42.5 Å². The summed E-state index contributed by atoms with van der Waals surface area (Å²) in [6.07, 6.45) is 2.45. The summed E-state index contributed by atoms with van der Waals surface area (Å²) in [6, 6.07) is 14.0. The van der Waals surface area contributed by atoms with E-state index < -0.39 is 0 Å². The topological polar surface area (TPSA) is 78.9 Å². The van der Waals surface area contributed by atoms with Crippen molar-refractivity contribution in [1.29, 1.82) is 0 Å². The van der Waals surface area contributed by atoms with Crippen LogP contribution in [0.5, 0.6) is 0 Å². The van der Waals surface area contributed by atoms with Crippen molar-refractivity contribution in [2.24, 2.45) is 5.92 Å². The average molecular weight is 466 g/mol. The molecular formula is C26H35N5O3. The van der Waals surface area contributed by atoms with Crippen molar-refractivity contribution in [3.8, 4) is 11.3 Å². The molecule has 2 aliphatic heterocycles. The highest BCUT2D eigenvalue weighted by molar-refractivity contribution is 5.85. The number of piperazine rings is 1. The van der Waals surface area contributed by atoms with Gasteiger partial charge in [0.15, 0.2) is 5.82 Å². The molecule has 2 fully saturated rings. The highest BCUT2D eigenvalue weighted by Gasteiger charge is 2.28. The van der Waals surface area contributed by atoms with Gasteiger partial charge in [0.2, 0.25) is 11.8 Å². The monoisotopic (exact) mass is 465 g/mol. The minimum Gasteiger partial charge on any atom is -0.376 e. The molecule has 1 aromatic heterocycles. The fourth-order valence-corrected chi connectivity index (χ4v) is 4.47. The number of amides is 2. The van der Waals surface area contributed by atoms with Crippen molar-refractivity contribution in [3.63, 3.8) is 0 Å². The molecule has 0 saturated carbocycles. The molecule has 0 spiro atoms. The number of carbonyl (C=O) groups is 2. The van der Waals surface area contributed by atoms with Crippen LogP contribution in [-0.4, -0.2) is 83.8 Å². The summed E-state index contributed by atoms with van der Waals surface area (Å²) in [6.45, 7) is 8.00. The van der Waals surface area contributed by atoms with Crippen LogP contribution >= 0.6 is 0 Å². The molecule has 0 N–H and O–H groups in total. The summed E-state index contributed by atoms with van der Waals surface area (Å²) in [5, 5.41) is 8.79. The van der Waals surface area contributed by atoms with Gasteiger partial charge >= 0.3 is 0 Å². The van der Waals surface area contributed by atoms with E-state index in [1.807, 2.05) is 61.2 Å².